The van der Waals surface area contributed by atoms with Crippen molar-refractivity contribution in [3.05, 3.63) is 48.6 Å². The van der Waals surface area contributed by atoms with E-state index >= 15 is 0 Å². The molecule has 1 saturated heterocycles. The number of rotatable bonds is 3. The summed E-state index contributed by atoms with van der Waals surface area (Å²) >= 11 is 0. The largest absolute Gasteiger partial charge is 0.309 e. The smallest absolute Gasteiger partial charge is 0.0260 e. The molecule has 0 bridgehead atoms. The van der Waals surface area contributed by atoms with Crippen molar-refractivity contribution < 1.29 is 0 Å². The Hall–Kier alpha value is -1.12. The summed E-state index contributed by atoms with van der Waals surface area (Å²) in [7, 11) is 0. The first-order chi connectivity index (χ1) is 7.88. The highest BCUT2D eigenvalue weighted by Gasteiger charge is 2.13. The molecule has 16 heavy (non-hydrogen) atoms. The summed E-state index contributed by atoms with van der Waals surface area (Å²) in [5.74, 6) is 0. The molecule has 1 heterocycles. The molecule has 1 aliphatic rings. The summed E-state index contributed by atoms with van der Waals surface area (Å²) in [4.78, 5) is 2.51. The van der Waals surface area contributed by atoms with Crippen LogP contribution < -0.4 is 5.32 Å². The minimum Gasteiger partial charge on any atom is -0.309 e. The molecule has 0 amide bonds. The Labute approximate surface area is 98.0 Å². The fraction of sp³-hybridized carbons (Fsp3) is 0.429. The van der Waals surface area contributed by atoms with Crippen LogP contribution >= 0.6 is 0 Å². The molecule has 2 heteroatoms. The van der Waals surface area contributed by atoms with E-state index in [0.717, 1.165) is 32.6 Å². The minimum atomic E-state index is 0.487. The molecular weight excluding hydrogens is 196 g/mol. The van der Waals surface area contributed by atoms with Crippen molar-refractivity contribution >= 4 is 0 Å². The lowest BCUT2D eigenvalue weighted by Crippen LogP contribution is -2.29. The summed E-state index contributed by atoms with van der Waals surface area (Å²) < 4.78 is 0. The van der Waals surface area contributed by atoms with Gasteiger partial charge in [0.25, 0.3) is 0 Å². The molecule has 2 nitrogen and oxygen atoms in total. The SMILES string of the molecule is C=C[C@@H]1CCN(Cc2ccccc2)CCN1. The predicted octanol–water partition coefficient (Wildman–Crippen LogP) is 2.04. The van der Waals surface area contributed by atoms with Crippen LogP contribution in [0.25, 0.3) is 0 Å². The van der Waals surface area contributed by atoms with Gasteiger partial charge in [0, 0.05) is 32.2 Å². The van der Waals surface area contributed by atoms with E-state index in [9.17, 15) is 0 Å². The predicted molar refractivity (Wildman–Crippen MR) is 68.3 cm³/mol. The third-order valence-electron chi connectivity index (χ3n) is 3.12. The van der Waals surface area contributed by atoms with Crippen LogP contribution in [0.1, 0.15) is 12.0 Å². The third kappa shape index (κ3) is 3.19. The molecule has 86 valence electrons. The van der Waals surface area contributed by atoms with Gasteiger partial charge in [0.1, 0.15) is 0 Å². The van der Waals surface area contributed by atoms with Crippen molar-refractivity contribution in [1.82, 2.24) is 10.2 Å². The first kappa shape index (κ1) is 11.4. The lowest BCUT2D eigenvalue weighted by molar-refractivity contribution is 0.283. The Morgan fingerprint density at radius 1 is 1.31 bits per heavy atom. The van der Waals surface area contributed by atoms with Gasteiger partial charge in [0.15, 0.2) is 0 Å². The summed E-state index contributed by atoms with van der Waals surface area (Å²) in [6.07, 6.45) is 3.18. The van der Waals surface area contributed by atoms with E-state index in [1.165, 1.54) is 5.56 Å². The number of benzene rings is 1. The second-order valence-corrected chi connectivity index (χ2v) is 4.35. The molecule has 0 saturated carbocycles. The monoisotopic (exact) mass is 216 g/mol. The standard InChI is InChI=1S/C14H20N2/c1-2-14-8-10-16(11-9-15-14)12-13-6-4-3-5-7-13/h2-7,14-15H,1,8-12H2/t14-/m1/s1. The minimum absolute atomic E-state index is 0.487. The van der Waals surface area contributed by atoms with Crippen LogP contribution in [0.15, 0.2) is 43.0 Å². The molecule has 0 unspecified atom stereocenters. The first-order valence-corrected chi connectivity index (χ1v) is 6.00. The Morgan fingerprint density at radius 2 is 2.12 bits per heavy atom. The highest BCUT2D eigenvalue weighted by Crippen LogP contribution is 2.08. The van der Waals surface area contributed by atoms with Gasteiger partial charge < -0.3 is 5.32 Å². The van der Waals surface area contributed by atoms with Gasteiger partial charge in [0.2, 0.25) is 0 Å². The van der Waals surface area contributed by atoms with Crippen LogP contribution in [-0.4, -0.2) is 30.6 Å². The number of hydrogen-bond donors (Lipinski definition) is 1. The quantitative estimate of drug-likeness (QED) is 0.778. The maximum atomic E-state index is 3.85. The molecule has 1 aliphatic heterocycles. The van der Waals surface area contributed by atoms with Crippen molar-refractivity contribution in [3.63, 3.8) is 0 Å². The Morgan fingerprint density at radius 3 is 2.88 bits per heavy atom. The van der Waals surface area contributed by atoms with Gasteiger partial charge in [-0.3, -0.25) is 4.90 Å². The zero-order valence-corrected chi connectivity index (χ0v) is 9.73. The molecule has 0 radical (unpaired) electrons. The lowest BCUT2D eigenvalue weighted by Gasteiger charge is -2.19. The van der Waals surface area contributed by atoms with Crippen molar-refractivity contribution in [3.8, 4) is 0 Å². The average Bonchev–Trinajstić information content (AvgIpc) is 2.56. The third-order valence-corrected chi connectivity index (χ3v) is 3.12. The van der Waals surface area contributed by atoms with Gasteiger partial charge in [-0.2, -0.15) is 0 Å². The molecule has 1 fully saturated rings. The van der Waals surface area contributed by atoms with Gasteiger partial charge in [-0.25, -0.2) is 0 Å². The van der Waals surface area contributed by atoms with Crippen LogP contribution in [0.4, 0.5) is 0 Å². The van der Waals surface area contributed by atoms with E-state index in [1.54, 1.807) is 0 Å². The Kier molecular flexibility index (Phi) is 4.14. The normalized spacial score (nSPS) is 22.6. The first-order valence-electron chi connectivity index (χ1n) is 6.00. The molecule has 1 aromatic carbocycles. The van der Waals surface area contributed by atoms with Crippen LogP contribution in [0, 0.1) is 0 Å². The van der Waals surface area contributed by atoms with Crippen molar-refractivity contribution in [2.75, 3.05) is 19.6 Å². The van der Waals surface area contributed by atoms with Gasteiger partial charge in [-0.15, -0.1) is 6.58 Å². The van der Waals surface area contributed by atoms with E-state index in [1.807, 2.05) is 6.08 Å². The molecule has 0 aromatic heterocycles. The zero-order valence-electron chi connectivity index (χ0n) is 9.73. The summed E-state index contributed by atoms with van der Waals surface area (Å²) in [6, 6.07) is 11.2. The lowest BCUT2D eigenvalue weighted by atomic mass is 10.2. The second-order valence-electron chi connectivity index (χ2n) is 4.35. The average molecular weight is 216 g/mol. The summed E-state index contributed by atoms with van der Waals surface area (Å²) in [5, 5.41) is 3.49. The van der Waals surface area contributed by atoms with Crippen molar-refractivity contribution in [2.45, 2.75) is 19.0 Å². The maximum Gasteiger partial charge on any atom is 0.0260 e. The molecule has 1 N–H and O–H groups in total. The fourth-order valence-electron chi connectivity index (χ4n) is 2.14. The Bertz CT molecular complexity index is 321. The highest BCUT2D eigenvalue weighted by atomic mass is 15.2. The summed E-state index contributed by atoms with van der Waals surface area (Å²) in [5.41, 5.74) is 1.40. The zero-order chi connectivity index (χ0) is 11.2. The molecule has 0 aliphatic carbocycles. The number of nitrogens with zero attached hydrogens (tertiary/aromatic N) is 1. The molecular formula is C14H20N2. The van der Waals surface area contributed by atoms with Gasteiger partial charge in [-0.05, 0) is 12.0 Å². The molecule has 1 atom stereocenters. The van der Waals surface area contributed by atoms with Crippen LogP contribution in [0.5, 0.6) is 0 Å². The van der Waals surface area contributed by atoms with E-state index in [2.05, 4.69) is 47.1 Å². The van der Waals surface area contributed by atoms with Crippen LogP contribution in [0.2, 0.25) is 0 Å². The highest BCUT2D eigenvalue weighted by molar-refractivity contribution is 5.14. The van der Waals surface area contributed by atoms with E-state index in [0.29, 0.717) is 6.04 Å². The van der Waals surface area contributed by atoms with Crippen LogP contribution in [-0.2, 0) is 6.54 Å². The fourth-order valence-corrected chi connectivity index (χ4v) is 2.14. The Balaban J connectivity index is 1.89. The van der Waals surface area contributed by atoms with Gasteiger partial charge >= 0.3 is 0 Å². The van der Waals surface area contributed by atoms with Crippen LogP contribution in [0.3, 0.4) is 0 Å². The van der Waals surface area contributed by atoms with E-state index < -0.39 is 0 Å². The molecule has 0 spiro atoms. The molecule has 1 aromatic rings. The maximum absolute atomic E-state index is 3.85. The second kappa shape index (κ2) is 5.83. The number of hydrogen-bond acceptors (Lipinski definition) is 2. The van der Waals surface area contributed by atoms with Crippen molar-refractivity contribution in [1.29, 1.82) is 0 Å². The van der Waals surface area contributed by atoms with E-state index in [4.69, 9.17) is 0 Å². The summed E-state index contributed by atoms with van der Waals surface area (Å²) in [6.45, 7) is 8.25. The van der Waals surface area contributed by atoms with Crippen molar-refractivity contribution in [2.24, 2.45) is 0 Å². The van der Waals surface area contributed by atoms with Gasteiger partial charge in [0.05, 0.1) is 0 Å². The number of nitrogens with one attached hydrogen (secondary N) is 1. The topological polar surface area (TPSA) is 15.3 Å². The molecule has 2 rings (SSSR count). The van der Waals surface area contributed by atoms with Gasteiger partial charge in [-0.1, -0.05) is 36.4 Å². The van der Waals surface area contributed by atoms with E-state index in [-0.39, 0.29) is 0 Å².